The molecule has 194 valence electrons. The summed E-state index contributed by atoms with van der Waals surface area (Å²) in [6.07, 6.45) is 5.87. The van der Waals surface area contributed by atoms with Crippen molar-refractivity contribution in [3.63, 3.8) is 0 Å². The minimum atomic E-state index is -0.587. The first-order valence-electron chi connectivity index (χ1n) is 12.0. The first kappa shape index (κ1) is 26.1. The van der Waals surface area contributed by atoms with Gasteiger partial charge in [-0.15, -0.1) is 10.2 Å². The minimum Gasteiger partial charge on any atom is -0.474 e. The molecule has 1 amide bonds. The molecule has 2 fully saturated rings. The molecule has 0 spiro atoms. The molecular formula is C25H31ClFN5O4. The summed E-state index contributed by atoms with van der Waals surface area (Å²) in [5.41, 5.74) is 5.84. The topological polar surface area (TPSA) is 113 Å². The van der Waals surface area contributed by atoms with E-state index in [0.717, 1.165) is 25.7 Å². The Labute approximate surface area is 214 Å². The monoisotopic (exact) mass is 519 g/mol. The van der Waals surface area contributed by atoms with Crippen LogP contribution in [0.1, 0.15) is 57.6 Å². The number of amides is 1. The van der Waals surface area contributed by atoms with Crippen LogP contribution in [0.2, 0.25) is 5.15 Å². The molecule has 11 heteroatoms. The molecule has 9 nitrogen and oxygen atoms in total. The van der Waals surface area contributed by atoms with Crippen molar-refractivity contribution in [3.05, 3.63) is 40.7 Å². The number of piperidine rings is 1. The molecule has 2 aromatic rings. The van der Waals surface area contributed by atoms with Crippen molar-refractivity contribution in [3.8, 4) is 5.88 Å². The lowest BCUT2D eigenvalue weighted by Gasteiger charge is -2.39. The van der Waals surface area contributed by atoms with Gasteiger partial charge in [-0.2, -0.15) is 0 Å². The van der Waals surface area contributed by atoms with Gasteiger partial charge >= 0.3 is 6.09 Å². The van der Waals surface area contributed by atoms with Crippen molar-refractivity contribution in [2.75, 3.05) is 18.8 Å². The summed E-state index contributed by atoms with van der Waals surface area (Å²) >= 11 is 5.80. The van der Waals surface area contributed by atoms with Crippen LogP contribution in [0.15, 0.2) is 24.4 Å². The van der Waals surface area contributed by atoms with Gasteiger partial charge in [0.15, 0.2) is 11.0 Å². The van der Waals surface area contributed by atoms with Crippen LogP contribution in [0.3, 0.4) is 0 Å². The third-order valence-electron chi connectivity index (χ3n) is 5.92. The third kappa shape index (κ3) is 7.04. The van der Waals surface area contributed by atoms with Gasteiger partial charge in [0, 0.05) is 38.2 Å². The molecule has 36 heavy (non-hydrogen) atoms. The van der Waals surface area contributed by atoms with E-state index in [1.165, 1.54) is 12.1 Å². The van der Waals surface area contributed by atoms with E-state index in [1.807, 2.05) is 20.8 Å². The number of nitrogen functional groups attached to an aromatic ring is 1. The van der Waals surface area contributed by atoms with E-state index in [2.05, 4.69) is 15.2 Å². The molecule has 0 unspecified atom stereocenters. The van der Waals surface area contributed by atoms with Gasteiger partial charge in [0.1, 0.15) is 17.5 Å². The zero-order valence-corrected chi connectivity index (χ0v) is 21.4. The van der Waals surface area contributed by atoms with Crippen LogP contribution < -0.4 is 10.5 Å². The number of likely N-dealkylation sites (tertiary alicyclic amines) is 1. The maximum absolute atomic E-state index is 14.7. The SMILES string of the molecule is CC(C)(C)OC(=O)N1CCC(OC2CC(Oc3cc(/C=C(\F)c4cc(Cl)nnc4N)ccn3)C2)CC1. The second kappa shape index (κ2) is 11.0. The van der Waals surface area contributed by atoms with Gasteiger partial charge in [0.25, 0.3) is 0 Å². The highest BCUT2D eigenvalue weighted by Crippen LogP contribution is 2.31. The number of anilines is 1. The summed E-state index contributed by atoms with van der Waals surface area (Å²) in [6, 6.07) is 4.64. The first-order valence-corrected chi connectivity index (χ1v) is 12.4. The van der Waals surface area contributed by atoms with Crippen molar-refractivity contribution >= 4 is 35.4 Å². The smallest absolute Gasteiger partial charge is 0.410 e. The summed E-state index contributed by atoms with van der Waals surface area (Å²) in [5, 5.41) is 7.28. The maximum atomic E-state index is 14.7. The maximum Gasteiger partial charge on any atom is 0.410 e. The van der Waals surface area contributed by atoms with E-state index >= 15 is 0 Å². The normalized spacial score (nSPS) is 21.1. The Morgan fingerprint density at radius 1 is 1.17 bits per heavy atom. The molecule has 2 N–H and O–H groups in total. The van der Waals surface area contributed by atoms with Gasteiger partial charge < -0.3 is 24.8 Å². The number of ether oxygens (including phenoxy) is 3. The zero-order chi connectivity index (χ0) is 25.9. The Bertz CT molecular complexity index is 1110. The molecule has 4 rings (SSSR count). The molecule has 1 saturated heterocycles. The Morgan fingerprint density at radius 3 is 2.58 bits per heavy atom. The molecule has 0 aromatic carbocycles. The fourth-order valence-electron chi connectivity index (χ4n) is 4.04. The molecule has 2 aromatic heterocycles. The Hall–Kier alpha value is -2.98. The lowest BCUT2D eigenvalue weighted by atomic mass is 9.91. The van der Waals surface area contributed by atoms with Gasteiger partial charge in [0.2, 0.25) is 5.88 Å². The summed E-state index contributed by atoms with van der Waals surface area (Å²) < 4.78 is 32.3. The summed E-state index contributed by atoms with van der Waals surface area (Å²) in [4.78, 5) is 18.2. The number of nitrogens with zero attached hydrogens (tertiary/aromatic N) is 4. The average Bonchev–Trinajstić information content (AvgIpc) is 2.78. The van der Waals surface area contributed by atoms with Crippen LogP contribution in [0.5, 0.6) is 5.88 Å². The summed E-state index contributed by atoms with van der Waals surface area (Å²) in [7, 11) is 0. The molecule has 1 aliphatic heterocycles. The minimum absolute atomic E-state index is 0.0210. The molecule has 0 radical (unpaired) electrons. The molecule has 3 heterocycles. The van der Waals surface area contributed by atoms with E-state index in [-0.39, 0.29) is 40.9 Å². The van der Waals surface area contributed by atoms with E-state index < -0.39 is 11.4 Å². The van der Waals surface area contributed by atoms with E-state index in [1.54, 1.807) is 23.2 Å². The van der Waals surface area contributed by atoms with Crippen LogP contribution in [-0.2, 0) is 9.47 Å². The predicted octanol–water partition coefficient (Wildman–Crippen LogP) is 4.90. The van der Waals surface area contributed by atoms with E-state index in [9.17, 15) is 9.18 Å². The summed E-state index contributed by atoms with van der Waals surface area (Å²) in [6.45, 7) is 6.84. The number of hydrogen-bond donors (Lipinski definition) is 1. The molecule has 0 atom stereocenters. The Morgan fingerprint density at radius 2 is 1.89 bits per heavy atom. The quantitative estimate of drug-likeness (QED) is 0.573. The number of nitrogens with two attached hydrogens (primary N) is 1. The van der Waals surface area contributed by atoms with Gasteiger partial charge in [-0.25, -0.2) is 14.2 Å². The molecule has 1 saturated carbocycles. The number of pyridine rings is 1. The van der Waals surface area contributed by atoms with Crippen molar-refractivity contribution in [2.24, 2.45) is 0 Å². The fraction of sp³-hybridized carbons (Fsp3) is 0.520. The van der Waals surface area contributed by atoms with Gasteiger partial charge in [0.05, 0.1) is 17.8 Å². The van der Waals surface area contributed by atoms with E-state index in [0.29, 0.717) is 24.5 Å². The highest BCUT2D eigenvalue weighted by atomic mass is 35.5. The highest BCUT2D eigenvalue weighted by molar-refractivity contribution is 6.29. The molecule has 0 bridgehead atoms. The molecule has 1 aliphatic carbocycles. The summed E-state index contributed by atoms with van der Waals surface area (Å²) in [5.74, 6) is -0.226. The number of carbonyl (C=O) groups excluding carboxylic acids is 1. The lowest BCUT2D eigenvalue weighted by Crippen LogP contribution is -2.46. The number of hydrogen-bond acceptors (Lipinski definition) is 8. The number of rotatable bonds is 6. The predicted molar refractivity (Wildman–Crippen MR) is 134 cm³/mol. The number of carbonyl (C=O) groups is 1. The van der Waals surface area contributed by atoms with Crippen LogP contribution in [-0.4, -0.2) is 63.2 Å². The zero-order valence-electron chi connectivity index (χ0n) is 20.6. The molecule has 2 aliphatic rings. The van der Waals surface area contributed by atoms with Crippen molar-refractivity contribution < 1.29 is 23.4 Å². The van der Waals surface area contributed by atoms with Crippen LogP contribution in [0, 0.1) is 0 Å². The van der Waals surface area contributed by atoms with Crippen molar-refractivity contribution in [2.45, 2.75) is 70.4 Å². The fourth-order valence-corrected chi connectivity index (χ4v) is 4.19. The van der Waals surface area contributed by atoms with Crippen molar-refractivity contribution in [1.82, 2.24) is 20.1 Å². The van der Waals surface area contributed by atoms with Gasteiger partial charge in [-0.05, 0) is 57.4 Å². The first-order chi connectivity index (χ1) is 17.1. The lowest BCUT2D eigenvalue weighted by molar-refractivity contribution is -0.110. The molecular weight excluding hydrogens is 489 g/mol. The largest absolute Gasteiger partial charge is 0.474 e. The van der Waals surface area contributed by atoms with Crippen molar-refractivity contribution in [1.29, 1.82) is 0 Å². The van der Waals surface area contributed by atoms with Crippen LogP contribution in [0.25, 0.3) is 11.9 Å². The Balaban J connectivity index is 1.23. The average molecular weight is 520 g/mol. The second-order valence-corrected chi connectivity index (χ2v) is 10.4. The van der Waals surface area contributed by atoms with Crippen LogP contribution >= 0.6 is 11.6 Å². The number of halogens is 2. The standard InChI is InChI=1S/C25H31ClFN5O4/c1-25(2,3)36-24(33)32-8-5-16(6-9-32)34-17-12-18(13-17)35-22-11-15(4-7-29-22)10-20(27)19-14-21(26)30-31-23(19)28/h4,7,10-11,14,16-18H,5-6,8-9,12-13H2,1-3H3,(H2,28,31)/b20-10-. The Kier molecular flexibility index (Phi) is 7.94. The highest BCUT2D eigenvalue weighted by Gasteiger charge is 2.35. The third-order valence-corrected chi connectivity index (χ3v) is 6.10. The number of aromatic nitrogens is 3. The van der Waals surface area contributed by atoms with E-state index in [4.69, 9.17) is 31.5 Å². The van der Waals surface area contributed by atoms with Gasteiger partial charge in [-0.1, -0.05) is 11.6 Å². The van der Waals surface area contributed by atoms with Crippen LogP contribution in [0.4, 0.5) is 15.0 Å². The second-order valence-electron chi connectivity index (χ2n) is 10.0. The van der Waals surface area contributed by atoms with Gasteiger partial charge in [-0.3, -0.25) is 0 Å².